The molecule has 2 heterocycles. The molecule has 4 rings (SSSR count). The predicted molar refractivity (Wildman–Crippen MR) is 112 cm³/mol. The zero-order valence-electron chi connectivity index (χ0n) is 16.5. The van der Waals surface area contributed by atoms with Gasteiger partial charge in [-0.05, 0) is 54.5 Å². The van der Waals surface area contributed by atoms with E-state index in [0.29, 0.717) is 37.3 Å². The number of benzene rings is 2. The molecule has 7 heteroatoms. The van der Waals surface area contributed by atoms with Crippen LogP contribution in [0.5, 0.6) is 0 Å². The van der Waals surface area contributed by atoms with Crippen LogP contribution in [-0.2, 0) is 16.4 Å². The van der Waals surface area contributed by atoms with E-state index in [2.05, 4.69) is 0 Å². The van der Waals surface area contributed by atoms with Crippen molar-refractivity contribution >= 4 is 21.6 Å². The van der Waals surface area contributed by atoms with Gasteiger partial charge in [0.25, 0.3) is 5.91 Å². The van der Waals surface area contributed by atoms with Crippen LogP contribution in [0.15, 0.2) is 48.5 Å². The molecule has 1 fully saturated rings. The lowest BCUT2D eigenvalue weighted by atomic mass is 9.87. The maximum Gasteiger partial charge on any atom is 0.253 e. The van der Waals surface area contributed by atoms with E-state index in [1.54, 1.807) is 12.1 Å². The van der Waals surface area contributed by atoms with Crippen molar-refractivity contribution < 1.29 is 18.3 Å². The van der Waals surface area contributed by atoms with Crippen molar-refractivity contribution in [3.63, 3.8) is 0 Å². The van der Waals surface area contributed by atoms with Crippen LogP contribution in [-0.4, -0.2) is 50.2 Å². The Kier molecular flexibility index (Phi) is 5.36. The lowest BCUT2D eigenvalue weighted by Gasteiger charge is -2.34. The molecular weight excluding hydrogens is 388 g/mol. The number of rotatable bonds is 4. The standard InChI is InChI=1S/C22H26N2O4S/c1-29(27,28)24-14-11-18-15-19(7-8-20(18)24)22(26)23-12-9-17(10-13-23)21(25)16-5-3-2-4-6-16/h2-8,15,17,21,25H,9-14H2,1H3. The van der Waals surface area contributed by atoms with Crippen LogP contribution < -0.4 is 4.31 Å². The van der Waals surface area contributed by atoms with Gasteiger partial charge in [0.2, 0.25) is 10.0 Å². The average molecular weight is 415 g/mol. The number of fused-ring (bicyclic) bond motifs is 1. The van der Waals surface area contributed by atoms with Crippen LogP contribution in [0.3, 0.4) is 0 Å². The molecule has 1 N–H and O–H groups in total. The predicted octanol–water partition coefficient (Wildman–Crippen LogP) is 2.59. The second-order valence-electron chi connectivity index (χ2n) is 7.91. The molecule has 154 valence electrons. The number of nitrogens with zero attached hydrogens (tertiary/aromatic N) is 2. The Labute approximate surface area is 171 Å². The number of hydrogen-bond donors (Lipinski definition) is 1. The maximum absolute atomic E-state index is 13.0. The summed E-state index contributed by atoms with van der Waals surface area (Å²) >= 11 is 0. The van der Waals surface area contributed by atoms with E-state index in [9.17, 15) is 18.3 Å². The van der Waals surface area contributed by atoms with Gasteiger partial charge in [-0.1, -0.05) is 30.3 Å². The van der Waals surface area contributed by atoms with E-state index in [1.807, 2.05) is 41.3 Å². The van der Waals surface area contributed by atoms with E-state index in [4.69, 9.17) is 0 Å². The number of hydrogen-bond acceptors (Lipinski definition) is 4. The second-order valence-corrected chi connectivity index (χ2v) is 9.82. The van der Waals surface area contributed by atoms with Gasteiger partial charge in [0.05, 0.1) is 18.0 Å². The van der Waals surface area contributed by atoms with Crippen molar-refractivity contribution in [3.8, 4) is 0 Å². The van der Waals surface area contributed by atoms with Gasteiger partial charge in [-0.3, -0.25) is 9.10 Å². The van der Waals surface area contributed by atoms with Crippen LogP contribution in [0.4, 0.5) is 5.69 Å². The highest BCUT2D eigenvalue weighted by Gasteiger charge is 2.30. The van der Waals surface area contributed by atoms with Crippen molar-refractivity contribution in [3.05, 3.63) is 65.2 Å². The minimum Gasteiger partial charge on any atom is -0.388 e. The van der Waals surface area contributed by atoms with Gasteiger partial charge in [-0.2, -0.15) is 0 Å². The summed E-state index contributed by atoms with van der Waals surface area (Å²) in [6, 6.07) is 14.9. The fourth-order valence-electron chi connectivity index (χ4n) is 4.37. The van der Waals surface area contributed by atoms with E-state index < -0.39 is 16.1 Å². The molecule has 1 unspecified atom stereocenters. The van der Waals surface area contributed by atoms with E-state index >= 15 is 0 Å². The van der Waals surface area contributed by atoms with Gasteiger partial charge >= 0.3 is 0 Å². The third-order valence-electron chi connectivity index (χ3n) is 5.99. The fraction of sp³-hybridized carbons (Fsp3) is 0.409. The number of aliphatic hydroxyl groups excluding tert-OH is 1. The van der Waals surface area contributed by atoms with Gasteiger partial charge in [0.15, 0.2) is 0 Å². The van der Waals surface area contributed by atoms with Crippen molar-refractivity contribution in [2.45, 2.75) is 25.4 Å². The van der Waals surface area contributed by atoms with Crippen LogP contribution in [0.1, 0.15) is 40.4 Å². The Morgan fingerprint density at radius 2 is 1.76 bits per heavy atom. The first kappa shape index (κ1) is 19.9. The zero-order valence-corrected chi connectivity index (χ0v) is 17.3. The molecule has 1 atom stereocenters. The molecule has 1 saturated heterocycles. The monoisotopic (exact) mass is 414 g/mol. The van der Waals surface area contributed by atoms with Crippen LogP contribution in [0, 0.1) is 5.92 Å². The number of likely N-dealkylation sites (tertiary alicyclic amines) is 1. The van der Waals surface area contributed by atoms with Crippen LogP contribution in [0.25, 0.3) is 0 Å². The van der Waals surface area contributed by atoms with Crippen molar-refractivity contribution in [1.29, 1.82) is 0 Å². The molecule has 29 heavy (non-hydrogen) atoms. The quantitative estimate of drug-likeness (QED) is 0.834. The van der Waals surface area contributed by atoms with Crippen LogP contribution >= 0.6 is 0 Å². The number of amides is 1. The summed E-state index contributed by atoms with van der Waals surface area (Å²) in [6.45, 7) is 1.65. The van der Waals surface area contributed by atoms with Gasteiger partial charge in [0.1, 0.15) is 0 Å². The molecule has 6 nitrogen and oxygen atoms in total. The molecule has 2 aliphatic heterocycles. The second kappa shape index (κ2) is 7.80. The molecular formula is C22H26N2O4S. The van der Waals surface area contributed by atoms with Crippen molar-refractivity contribution in [2.24, 2.45) is 5.92 Å². The summed E-state index contributed by atoms with van der Waals surface area (Å²) in [5.74, 6) is 0.114. The highest BCUT2D eigenvalue weighted by molar-refractivity contribution is 7.92. The molecule has 2 aliphatic rings. The average Bonchev–Trinajstić information content (AvgIpc) is 3.17. The lowest BCUT2D eigenvalue weighted by molar-refractivity contribution is 0.0462. The minimum absolute atomic E-state index is 0.0294. The number of carbonyl (C=O) groups is 1. The SMILES string of the molecule is CS(=O)(=O)N1CCc2cc(C(=O)N3CCC(C(O)c4ccccc4)CC3)ccc21. The lowest BCUT2D eigenvalue weighted by Crippen LogP contribution is -2.39. The summed E-state index contributed by atoms with van der Waals surface area (Å²) in [4.78, 5) is 14.8. The van der Waals surface area contributed by atoms with Crippen molar-refractivity contribution in [1.82, 2.24) is 4.90 Å². The van der Waals surface area contributed by atoms with E-state index in [0.717, 1.165) is 24.0 Å². The van der Waals surface area contributed by atoms with E-state index in [-0.39, 0.29) is 11.8 Å². The van der Waals surface area contributed by atoms with Crippen LogP contribution in [0.2, 0.25) is 0 Å². The number of piperidine rings is 1. The summed E-state index contributed by atoms with van der Waals surface area (Å²) in [5, 5.41) is 10.6. The molecule has 0 saturated carbocycles. The molecule has 0 aliphatic carbocycles. The smallest absolute Gasteiger partial charge is 0.253 e. The summed E-state index contributed by atoms with van der Waals surface area (Å²) in [7, 11) is -3.29. The fourth-order valence-corrected chi connectivity index (χ4v) is 5.33. The Hall–Kier alpha value is -2.38. The Morgan fingerprint density at radius 3 is 2.41 bits per heavy atom. The van der Waals surface area contributed by atoms with E-state index in [1.165, 1.54) is 10.6 Å². The molecule has 2 aromatic carbocycles. The highest BCUT2D eigenvalue weighted by atomic mass is 32.2. The third kappa shape index (κ3) is 4.02. The first-order chi connectivity index (χ1) is 13.8. The normalized spacial score (nSPS) is 18.6. The first-order valence-corrected chi connectivity index (χ1v) is 11.8. The van der Waals surface area contributed by atoms with Gasteiger partial charge < -0.3 is 10.0 Å². The number of carbonyl (C=O) groups excluding carboxylic acids is 1. The summed E-state index contributed by atoms with van der Waals surface area (Å²) in [5.41, 5.74) is 3.09. The third-order valence-corrected chi connectivity index (χ3v) is 7.17. The number of anilines is 1. The number of sulfonamides is 1. The largest absolute Gasteiger partial charge is 0.388 e. The topological polar surface area (TPSA) is 77.9 Å². The van der Waals surface area contributed by atoms with Gasteiger partial charge in [-0.25, -0.2) is 8.42 Å². The molecule has 0 aromatic heterocycles. The molecule has 2 aromatic rings. The minimum atomic E-state index is -3.29. The van der Waals surface area contributed by atoms with Crippen molar-refractivity contribution in [2.75, 3.05) is 30.2 Å². The summed E-state index contributed by atoms with van der Waals surface area (Å²) < 4.78 is 25.2. The molecule has 0 radical (unpaired) electrons. The van der Waals surface area contributed by atoms with Gasteiger partial charge in [0, 0.05) is 25.2 Å². The first-order valence-electron chi connectivity index (χ1n) is 9.97. The Balaban J connectivity index is 1.42. The Bertz CT molecular complexity index is 999. The zero-order chi connectivity index (χ0) is 20.6. The molecule has 1 amide bonds. The molecule has 0 bridgehead atoms. The van der Waals surface area contributed by atoms with Gasteiger partial charge in [-0.15, -0.1) is 0 Å². The maximum atomic E-state index is 13.0. The highest BCUT2D eigenvalue weighted by Crippen LogP contribution is 2.33. The Morgan fingerprint density at radius 1 is 1.07 bits per heavy atom. The summed E-state index contributed by atoms with van der Waals surface area (Å²) in [6.07, 6.45) is 2.84. The number of aliphatic hydroxyl groups is 1. The molecule has 0 spiro atoms.